The van der Waals surface area contributed by atoms with Gasteiger partial charge in [-0.25, -0.2) is 0 Å². The van der Waals surface area contributed by atoms with Gasteiger partial charge in [0, 0.05) is 6.61 Å². The third-order valence-electron chi connectivity index (χ3n) is 4.61. The third kappa shape index (κ3) is 8.19. The molecule has 0 amide bonds. The Hall–Kier alpha value is -1.02. The van der Waals surface area contributed by atoms with Gasteiger partial charge in [-0.2, -0.15) is 0 Å². The lowest BCUT2D eigenvalue weighted by atomic mass is 9.87. The fourth-order valence-corrected chi connectivity index (χ4v) is 2.91. The molecule has 0 radical (unpaired) electrons. The van der Waals surface area contributed by atoms with Crippen molar-refractivity contribution < 1.29 is 9.47 Å². The summed E-state index contributed by atoms with van der Waals surface area (Å²) in [5, 5.41) is 0. The lowest BCUT2D eigenvalue weighted by molar-refractivity contribution is -0.0183. The summed E-state index contributed by atoms with van der Waals surface area (Å²) in [7, 11) is 0. The standard InChI is InChI=1S/C22H38O2/c1-8-24-22(6,7)16-9-10-18(2)15-17-23-20-13-11-19(12-14-20)21(3,4)5/h11-14,18H,8-10,15-17H2,1-7H3. The predicted octanol–water partition coefficient (Wildman–Crippen LogP) is 6.37. The van der Waals surface area contributed by atoms with Crippen LogP contribution in [0.15, 0.2) is 24.3 Å². The van der Waals surface area contributed by atoms with Crippen molar-refractivity contribution in [1.82, 2.24) is 0 Å². The molecule has 1 aromatic rings. The van der Waals surface area contributed by atoms with Crippen molar-refractivity contribution in [3.8, 4) is 5.75 Å². The molecule has 1 rings (SSSR count). The minimum Gasteiger partial charge on any atom is -0.494 e. The van der Waals surface area contributed by atoms with Gasteiger partial charge in [0.05, 0.1) is 12.2 Å². The van der Waals surface area contributed by atoms with Gasteiger partial charge in [-0.3, -0.25) is 0 Å². The summed E-state index contributed by atoms with van der Waals surface area (Å²) in [4.78, 5) is 0. The number of ether oxygens (including phenoxy) is 2. The fraction of sp³-hybridized carbons (Fsp3) is 0.727. The first-order valence-electron chi connectivity index (χ1n) is 9.51. The first kappa shape index (κ1) is 21.0. The molecule has 0 spiro atoms. The van der Waals surface area contributed by atoms with E-state index in [1.165, 1.54) is 18.4 Å². The molecule has 0 aliphatic heterocycles. The second kappa shape index (κ2) is 9.46. The van der Waals surface area contributed by atoms with Crippen LogP contribution in [-0.4, -0.2) is 18.8 Å². The van der Waals surface area contributed by atoms with E-state index in [1.54, 1.807) is 0 Å². The first-order valence-corrected chi connectivity index (χ1v) is 9.51. The molecule has 0 saturated carbocycles. The van der Waals surface area contributed by atoms with Gasteiger partial charge in [0.2, 0.25) is 0 Å². The molecule has 1 atom stereocenters. The SMILES string of the molecule is CCOC(C)(C)CCCC(C)CCOc1ccc(C(C)(C)C)cc1. The molecule has 1 aromatic carbocycles. The normalized spacial score (nSPS) is 13.8. The van der Waals surface area contributed by atoms with Gasteiger partial charge >= 0.3 is 0 Å². The molecular weight excluding hydrogens is 296 g/mol. The van der Waals surface area contributed by atoms with E-state index in [2.05, 4.69) is 72.7 Å². The van der Waals surface area contributed by atoms with Crippen molar-refractivity contribution in [2.75, 3.05) is 13.2 Å². The average Bonchev–Trinajstić information content (AvgIpc) is 2.46. The minimum atomic E-state index is 0.0137. The van der Waals surface area contributed by atoms with E-state index in [9.17, 15) is 0 Å². The van der Waals surface area contributed by atoms with Crippen LogP contribution < -0.4 is 4.74 Å². The van der Waals surface area contributed by atoms with E-state index in [4.69, 9.17) is 9.47 Å². The van der Waals surface area contributed by atoms with Gasteiger partial charge < -0.3 is 9.47 Å². The number of rotatable bonds is 10. The zero-order valence-corrected chi connectivity index (χ0v) is 16.9. The van der Waals surface area contributed by atoms with E-state index in [0.717, 1.165) is 31.8 Å². The Labute approximate surface area is 149 Å². The summed E-state index contributed by atoms with van der Waals surface area (Å²) in [6.45, 7) is 17.0. The molecule has 0 fully saturated rings. The van der Waals surface area contributed by atoms with E-state index in [1.807, 2.05) is 0 Å². The van der Waals surface area contributed by atoms with Crippen molar-refractivity contribution in [2.45, 2.75) is 85.2 Å². The highest BCUT2D eigenvalue weighted by Crippen LogP contribution is 2.25. The quantitative estimate of drug-likeness (QED) is 0.494. The van der Waals surface area contributed by atoms with Crippen LogP contribution in [0.3, 0.4) is 0 Å². The van der Waals surface area contributed by atoms with Crippen molar-refractivity contribution in [1.29, 1.82) is 0 Å². The Bertz CT molecular complexity index is 454. The minimum absolute atomic E-state index is 0.0137. The maximum Gasteiger partial charge on any atom is 0.119 e. The van der Waals surface area contributed by atoms with Crippen molar-refractivity contribution in [2.24, 2.45) is 5.92 Å². The van der Waals surface area contributed by atoms with Gasteiger partial charge in [0.15, 0.2) is 0 Å². The number of hydrogen-bond acceptors (Lipinski definition) is 2. The molecule has 24 heavy (non-hydrogen) atoms. The zero-order valence-electron chi connectivity index (χ0n) is 16.9. The van der Waals surface area contributed by atoms with Gasteiger partial charge in [0.1, 0.15) is 5.75 Å². The first-order chi connectivity index (χ1) is 11.1. The molecule has 0 saturated heterocycles. The Morgan fingerprint density at radius 2 is 1.58 bits per heavy atom. The summed E-state index contributed by atoms with van der Waals surface area (Å²) in [5.41, 5.74) is 1.56. The Kier molecular flexibility index (Phi) is 8.29. The predicted molar refractivity (Wildman–Crippen MR) is 104 cm³/mol. The van der Waals surface area contributed by atoms with Gasteiger partial charge in [-0.1, -0.05) is 52.7 Å². The molecule has 1 unspecified atom stereocenters. The molecule has 0 aliphatic carbocycles. The Balaban J connectivity index is 2.25. The maximum absolute atomic E-state index is 5.91. The number of hydrogen-bond donors (Lipinski definition) is 0. The summed E-state index contributed by atoms with van der Waals surface area (Å²) >= 11 is 0. The van der Waals surface area contributed by atoms with E-state index in [0.29, 0.717) is 5.92 Å². The van der Waals surface area contributed by atoms with Crippen molar-refractivity contribution in [3.05, 3.63) is 29.8 Å². The molecule has 0 heterocycles. The molecule has 138 valence electrons. The van der Waals surface area contributed by atoms with E-state index in [-0.39, 0.29) is 11.0 Å². The van der Waals surface area contributed by atoms with Crippen LogP contribution in [0.4, 0.5) is 0 Å². The van der Waals surface area contributed by atoms with Crippen LogP contribution in [0, 0.1) is 5.92 Å². The molecule has 0 aromatic heterocycles. The third-order valence-corrected chi connectivity index (χ3v) is 4.61. The van der Waals surface area contributed by atoms with Crippen molar-refractivity contribution in [3.63, 3.8) is 0 Å². The highest BCUT2D eigenvalue weighted by molar-refractivity contribution is 5.31. The van der Waals surface area contributed by atoms with Crippen LogP contribution in [0.1, 0.15) is 79.7 Å². The van der Waals surface area contributed by atoms with Crippen LogP contribution >= 0.6 is 0 Å². The van der Waals surface area contributed by atoms with Crippen LogP contribution in [-0.2, 0) is 10.2 Å². The smallest absolute Gasteiger partial charge is 0.119 e. The second-order valence-corrected chi connectivity index (χ2v) is 8.60. The van der Waals surface area contributed by atoms with Crippen LogP contribution in [0.2, 0.25) is 0 Å². The lowest BCUT2D eigenvalue weighted by Crippen LogP contribution is -2.24. The highest BCUT2D eigenvalue weighted by Gasteiger charge is 2.17. The number of benzene rings is 1. The summed E-state index contributed by atoms with van der Waals surface area (Å²) in [6.07, 6.45) is 4.69. The van der Waals surface area contributed by atoms with E-state index < -0.39 is 0 Å². The summed E-state index contributed by atoms with van der Waals surface area (Å²) < 4.78 is 11.7. The monoisotopic (exact) mass is 334 g/mol. The lowest BCUT2D eigenvalue weighted by Gasteiger charge is -2.25. The molecule has 0 aliphatic rings. The molecule has 2 nitrogen and oxygen atoms in total. The average molecular weight is 335 g/mol. The molecule has 0 bridgehead atoms. The molecule has 0 N–H and O–H groups in total. The summed E-state index contributed by atoms with van der Waals surface area (Å²) in [6, 6.07) is 8.54. The Morgan fingerprint density at radius 3 is 2.12 bits per heavy atom. The van der Waals surface area contributed by atoms with E-state index >= 15 is 0 Å². The zero-order chi connectivity index (χ0) is 18.2. The maximum atomic E-state index is 5.91. The fourth-order valence-electron chi connectivity index (χ4n) is 2.91. The summed E-state index contributed by atoms with van der Waals surface area (Å²) in [5.74, 6) is 1.67. The second-order valence-electron chi connectivity index (χ2n) is 8.60. The topological polar surface area (TPSA) is 18.5 Å². The van der Waals surface area contributed by atoms with Crippen LogP contribution in [0.25, 0.3) is 0 Å². The molecule has 2 heteroatoms. The molecular formula is C22H38O2. The Morgan fingerprint density at radius 1 is 0.958 bits per heavy atom. The largest absolute Gasteiger partial charge is 0.494 e. The van der Waals surface area contributed by atoms with Crippen molar-refractivity contribution >= 4 is 0 Å². The van der Waals surface area contributed by atoms with Crippen LogP contribution in [0.5, 0.6) is 5.75 Å². The van der Waals surface area contributed by atoms with Gasteiger partial charge in [0.25, 0.3) is 0 Å². The highest BCUT2D eigenvalue weighted by atomic mass is 16.5. The van der Waals surface area contributed by atoms with Gasteiger partial charge in [-0.05, 0) is 62.6 Å². The van der Waals surface area contributed by atoms with Gasteiger partial charge in [-0.15, -0.1) is 0 Å².